The van der Waals surface area contributed by atoms with Gasteiger partial charge >= 0.3 is 0 Å². The van der Waals surface area contributed by atoms with Crippen LogP contribution in [0.5, 0.6) is 0 Å². The third-order valence-corrected chi connectivity index (χ3v) is 7.03. The number of allylic oxidation sites excluding steroid dienone is 1. The monoisotopic (exact) mass is 348 g/mol. The van der Waals surface area contributed by atoms with Crippen LogP contribution in [-0.4, -0.2) is 17.8 Å². The molecule has 0 aliphatic heterocycles. The van der Waals surface area contributed by atoms with Crippen LogP contribution in [0.3, 0.4) is 0 Å². The summed E-state index contributed by atoms with van der Waals surface area (Å²) in [5.74, 6) is 3.71. The van der Waals surface area contributed by atoms with E-state index >= 15 is 0 Å². The highest BCUT2D eigenvalue weighted by Crippen LogP contribution is 2.45. The number of halogens is 2. The highest BCUT2D eigenvalue weighted by atomic mass is 19.2. The lowest BCUT2D eigenvalue weighted by Gasteiger charge is -2.41. The molecule has 2 N–H and O–H groups in total. The van der Waals surface area contributed by atoms with E-state index in [4.69, 9.17) is 0 Å². The van der Waals surface area contributed by atoms with E-state index in [9.17, 15) is 8.78 Å². The summed E-state index contributed by atoms with van der Waals surface area (Å²) < 4.78 is 26.9. The van der Waals surface area contributed by atoms with Gasteiger partial charge in [-0.15, -0.1) is 6.58 Å². The molecule has 146 valence electrons. The predicted octanol–water partition coefficient (Wildman–Crippen LogP) is 6.56. The van der Waals surface area contributed by atoms with Gasteiger partial charge in [0.25, 0.3) is 0 Å². The molecule has 3 aliphatic rings. The maximum Gasteiger partial charge on any atom is 0.131 e. The van der Waals surface area contributed by atoms with Gasteiger partial charge in [0, 0.05) is 2.85 Å². The molecule has 0 radical (unpaired) electrons. The van der Waals surface area contributed by atoms with E-state index in [1.54, 1.807) is 0 Å². The summed E-state index contributed by atoms with van der Waals surface area (Å²) in [5.41, 5.74) is 0. The van der Waals surface area contributed by atoms with Gasteiger partial charge in [-0.3, -0.25) is 0 Å². The first-order valence-electron chi connectivity index (χ1n) is 9.58. The van der Waals surface area contributed by atoms with Crippen molar-refractivity contribution in [3.05, 3.63) is 12.7 Å². The van der Waals surface area contributed by atoms with E-state index in [1.165, 1.54) is 51.4 Å². The van der Waals surface area contributed by atoms with Crippen molar-refractivity contribution >= 4 is 0 Å². The van der Waals surface area contributed by atoms with Crippen molar-refractivity contribution < 1.29 is 17.1 Å². The van der Waals surface area contributed by atoms with Crippen LogP contribution in [0.4, 0.5) is 8.78 Å². The molecule has 0 aromatic heterocycles. The Labute approximate surface area is 150 Å². The molecule has 3 saturated carbocycles. The van der Waals surface area contributed by atoms with Gasteiger partial charge in [0.2, 0.25) is 0 Å². The normalized spacial score (nSPS) is 43.2. The highest BCUT2D eigenvalue weighted by molar-refractivity contribution is 4.90. The summed E-state index contributed by atoms with van der Waals surface area (Å²) in [4.78, 5) is 0. The molecule has 3 aliphatic carbocycles. The molecule has 0 amide bonds. The summed E-state index contributed by atoms with van der Waals surface area (Å²) >= 11 is 0. The highest BCUT2D eigenvalue weighted by Gasteiger charge is 2.37. The van der Waals surface area contributed by atoms with Crippen LogP contribution in [0.2, 0.25) is 0 Å². The minimum absolute atomic E-state index is 0. The van der Waals surface area contributed by atoms with Gasteiger partial charge in [-0.1, -0.05) is 13.5 Å². The summed E-state index contributed by atoms with van der Waals surface area (Å²) in [6, 6.07) is 0. The topological polar surface area (TPSA) is 31.5 Å². The fourth-order valence-electron chi connectivity index (χ4n) is 5.48. The van der Waals surface area contributed by atoms with Gasteiger partial charge in [0.05, 0.1) is 0 Å². The smallest absolute Gasteiger partial charge is 0.131 e. The molecule has 0 aromatic carbocycles. The molecule has 0 bridgehead atoms. The Kier molecular flexibility index (Phi) is 8.90. The Hall–Kier alpha value is -0.440. The number of rotatable bonds is 3. The summed E-state index contributed by atoms with van der Waals surface area (Å²) in [7, 11) is 0. The van der Waals surface area contributed by atoms with Gasteiger partial charge in [-0.05, 0) is 100 Å². The number of alkyl halides is 2. The Morgan fingerprint density at radius 1 is 0.667 bits per heavy atom. The average molecular weight is 349 g/mol. The van der Waals surface area contributed by atoms with Gasteiger partial charge in [-0.2, -0.15) is 0 Å². The molecule has 3 heteroatoms. The Morgan fingerprint density at radius 3 is 1.54 bits per heavy atom. The average Bonchev–Trinajstić information content (AvgIpc) is 2.58. The Morgan fingerprint density at radius 2 is 1.08 bits per heavy atom. The first kappa shape index (κ1) is 21.6. The molecule has 0 aromatic rings. The van der Waals surface area contributed by atoms with E-state index in [0.29, 0.717) is 24.7 Å². The van der Waals surface area contributed by atoms with Crippen molar-refractivity contribution in [3.63, 3.8) is 0 Å². The van der Waals surface area contributed by atoms with Crippen LogP contribution in [-0.2, 0) is 0 Å². The van der Waals surface area contributed by atoms with Crippen LogP contribution in [0, 0.1) is 29.6 Å². The number of hydrogen-bond donors (Lipinski definition) is 0. The molecule has 0 spiro atoms. The second kappa shape index (κ2) is 9.89. The molecular formula is C21H42F2O. The van der Waals surface area contributed by atoms with Crippen molar-refractivity contribution in [2.24, 2.45) is 29.6 Å². The summed E-state index contributed by atoms with van der Waals surface area (Å²) in [6.45, 7) is 3.94. The van der Waals surface area contributed by atoms with Crippen LogP contribution < -0.4 is 0 Å². The van der Waals surface area contributed by atoms with Gasteiger partial charge in [0.1, 0.15) is 12.3 Å². The van der Waals surface area contributed by atoms with Crippen molar-refractivity contribution in [3.8, 4) is 0 Å². The molecule has 3 atom stereocenters. The van der Waals surface area contributed by atoms with Crippen molar-refractivity contribution in [2.75, 3.05) is 0 Å². The van der Waals surface area contributed by atoms with Gasteiger partial charge in [-0.25, -0.2) is 8.78 Å². The number of hydrogen-bond acceptors (Lipinski definition) is 0. The lowest BCUT2D eigenvalue weighted by atomic mass is 9.65. The maximum absolute atomic E-state index is 13.6. The second-order valence-electron chi connectivity index (χ2n) is 8.19. The van der Waals surface area contributed by atoms with Crippen molar-refractivity contribution in [1.82, 2.24) is 0 Å². The molecule has 3 fully saturated rings. The maximum atomic E-state index is 13.6. The third kappa shape index (κ3) is 5.03. The van der Waals surface area contributed by atoms with E-state index < -0.39 is 12.3 Å². The molecule has 0 saturated heterocycles. The standard InChI is InChI=1S/C20H32F2.CH4.H2O.2H2/c1-2-14-3-5-15(6-4-14)16-7-9-17(10-8-16)18-11-12-19(21)20(22)13-18;;;;/h2,14-20H,1,3-13H2;1H4;1H2;2*1H. The minimum atomic E-state index is -1.19. The zero-order valence-corrected chi connectivity index (χ0v) is 14.4. The third-order valence-electron chi connectivity index (χ3n) is 7.03. The van der Waals surface area contributed by atoms with E-state index in [2.05, 4.69) is 12.7 Å². The van der Waals surface area contributed by atoms with Gasteiger partial charge in [0.15, 0.2) is 0 Å². The van der Waals surface area contributed by atoms with Crippen LogP contribution in [0.25, 0.3) is 0 Å². The van der Waals surface area contributed by atoms with Crippen molar-refractivity contribution in [2.45, 2.75) is 90.4 Å². The summed E-state index contributed by atoms with van der Waals surface area (Å²) in [5, 5.41) is 0. The fraction of sp³-hybridized carbons (Fsp3) is 0.905. The van der Waals surface area contributed by atoms with E-state index in [1.807, 2.05) is 0 Å². The van der Waals surface area contributed by atoms with Crippen LogP contribution in [0.1, 0.15) is 80.9 Å². The molecule has 3 unspecified atom stereocenters. The lowest BCUT2D eigenvalue weighted by Crippen LogP contribution is -2.34. The molecule has 3 rings (SSSR count). The zero-order valence-electron chi connectivity index (χ0n) is 14.4. The molecular weight excluding hydrogens is 306 g/mol. The molecule has 0 heterocycles. The molecule has 24 heavy (non-hydrogen) atoms. The first-order chi connectivity index (χ1) is 10.7. The van der Waals surface area contributed by atoms with Crippen LogP contribution in [0.15, 0.2) is 12.7 Å². The Balaban J connectivity index is 0. The summed E-state index contributed by atoms with van der Waals surface area (Å²) in [6.07, 6.45) is 12.2. The molecule has 1 nitrogen and oxygen atoms in total. The lowest BCUT2D eigenvalue weighted by molar-refractivity contribution is 0.0479. The Bertz CT molecular complexity index is 367. The fourth-order valence-corrected chi connectivity index (χ4v) is 5.48. The quantitative estimate of drug-likeness (QED) is 0.517. The van der Waals surface area contributed by atoms with E-state index in [0.717, 1.165) is 24.2 Å². The van der Waals surface area contributed by atoms with Crippen LogP contribution >= 0.6 is 0 Å². The van der Waals surface area contributed by atoms with Crippen molar-refractivity contribution in [1.29, 1.82) is 0 Å². The largest absolute Gasteiger partial charge is 0.412 e. The predicted molar refractivity (Wildman–Crippen MR) is 103 cm³/mol. The second-order valence-corrected chi connectivity index (χ2v) is 8.19. The first-order valence-corrected chi connectivity index (χ1v) is 9.58. The van der Waals surface area contributed by atoms with E-state index in [-0.39, 0.29) is 15.8 Å². The zero-order chi connectivity index (χ0) is 15.5. The SMILES string of the molecule is C.C=CC1CCC(C2CCC(C3CCC(F)C(F)C3)CC2)CC1.O.[HH].[HH]. The van der Waals surface area contributed by atoms with Gasteiger partial charge < -0.3 is 5.48 Å². The minimum Gasteiger partial charge on any atom is -0.412 e.